The van der Waals surface area contributed by atoms with Crippen LogP contribution in [0.5, 0.6) is 5.75 Å². The first-order valence-corrected chi connectivity index (χ1v) is 9.70. The maximum Gasteiger partial charge on any atom is 0.335 e. The number of benzene rings is 2. The van der Waals surface area contributed by atoms with Crippen molar-refractivity contribution in [2.45, 2.75) is 13.8 Å². The maximum absolute atomic E-state index is 12.8. The minimum Gasteiger partial charge on any atom is -0.493 e. The molecule has 3 rings (SSSR count). The lowest BCUT2D eigenvalue weighted by atomic mass is 10.2. The SMILES string of the molecule is CCOc1ccccc1C=C1SC(=Nc2ccc(C(=O)O)cc2)N(CC)C1=O. The first-order valence-electron chi connectivity index (χ1n) is 8.88. The fourth-order valence-corrected chi connectivity index (χ4v) is 3.74. The average molecular weight is 396 g/mol. The lowest BCUT2D eigenvalue weighted by Crippen LogP contribution is -2.28. The molecule has 1 heterocycles. The van der Waals surface area contributed by atoms with Gasteiger partial charge in [0.25, 0.3) is 5.91 Å². The Bertz CT molecular complexity index is 951. The van der Waals surface area contributed by atoms with Gasteiger partial charge in [-0.15, -0.1) is 0 Å². The summed E-state index contributed by atoms with van der Waals surface area (Å²) in [6.45, 7) is 4.83. The summed E-state index contributed by atoms with van der Waals surface area (Å²) in [5.41, 5.74) is 1.62. The highest BCUT2D eigenvalue weighted by atomic mass is 32.2. The molecule has 6 nitrogen and oxygen atoms in total. The van der Waals surface area contributed by atoms with Crippen LogP contribution in [0.1, 0.15) is 29.8 Å². The molecule has 0 aromatic heterocycles. The third-order valence-electron chi connectivity index (χ3n) is 4.05. The fraction of sp³-hybridized carbons (Fsp3) is 0.190. The van der Waals surface area contributed by atoms with Gasteiger partial charge in [0.1, 0.15) is 5.75 Å². The number of rotatable bonds is 6. The van der Waals surface area contributed by atoms with E-state index in [0.717, 1.165) is 11.3 Å². The number of aromatic carboxylic acids is 1. The Hall–Kier alpha value is -3.06. The van der Waals surface area contributed by atoms with Gasteiger partial charge in [0.15, 0.2) is 5.17 Å². The molecule has 1 fully saturated rings. The Labute approximate surface area is 167 Å². The molecule has 0 aliphatic carbocycles. The molecule has 2 aromatic rings. The molecule has 0 radical (unpaired) electrons. The second-order valence-corrected chi connectivity index (χ2v) is 6.89. The number of nitrogens with zero attached hydrogens (tertiary/aromatic N) is 2. The number of para-hydroxylation sites is 1. The van der Waals surface area contributed by atoms with E-state index >= 15 is 0 Å². The molecule has 28 heavy (non-hydrogen) atoms. The van der Waals surface area contributed by atoms with Crippen LogP contribution in [0.2, 0.25) is 0 Å². The van der Waals surface area contributed by atoms with Gasteiger partial charge in [-0.1, -0.05) is 18.2 Å². The van der Waals surface area contributed by atoms with Crippen LogP contribution < -0.4 is 4.74 Å². The van der Waals surface area contributed by atoms with Crippen molar-refractivity contribution in [3.05, 3.63) is 64.6 Å². The van der Waals surface area contributed by atoms with Crippen molar-refractivity contribution < 1.29 is 19.4 Å². The molecule has 0 bridgehead atoms. The fourth-order valence-electron chi connectivity index (χ4n) is 2.69. The van der Waals surface area contributed by atoms with Crippen LogP contribution in [-0.2, 0) is 4.79 Å². The monoisotopic (exact) mass is 396 g/mol. The van der Waals surface area contributed by atoms with Gasteiger partial charge in [-0.3, -0.25) is 9.69 Å². The Balaban J connectivity index is 1.91. The van der Waals surface area contributed by atoms with Crippen molar-refractivity contribution >= 4 is 40.6 Å². The van der Waals surface area contributed by atoms with Gasteiger partial charge in [-0.05, 0) is 62.0 Å². The van der Waals surface area contributed by atoms with Gasteiger partial charge in [0, 0.05) is 12.1 Å². The van der Waals surface area contributed by atoms with Crippen molar-refractivity contribution in [2.75, 3.05) is 13.2 Å². The van der Waals surface area contributed by atoms with Crippen molar-refractivity contribution in [1.29, 1.82) is 0 Å². The molecule has 1 aliphatic heterocycles. The molecule has 0 unspecified atom stereocenters. The number of carbonyl (C=O) groups excluding carboxylic acids is 1. The van der Waals surface area contributed by atoms with Crippen LogP contribution >= 0.6 is 11.8 Å². The maximum atomic E-state index is 12.8. The molecular weight excluding hydrogens is 376 g/mol. The average Bonchev–Trinajstić information content (AvgIpc) is 2.98. The van der Waals surface area contributed by atoms with Gasteiger partial charge in [0.05, 0.1) is 22.8 Å². The molecule has 0 saturated carbocycles. The normalized spacial score (nSPS) is 16.8. The summed E-state index contributed by atoms with van der Waals surface area (Å²) in [4.78, 5) is 30.5. The van der Waals surface area contributed by atoms with E-state index in [2.05, 4.69) is 4.99 Å². The Kier molecular flexibility index (Phi) is 6.16. The number of amides is 1. The number of carbonyl (C=O) groups is 2. The van der Waals surface area contributed by atoms with Crippen LogP contribution in [0.4, 0.5) is 5.69 Å². The van der Waals surface area contributed by atoms with E-state index in [1.807, 2.05) is 44.2 Å². The minimum absolute atomic E-state index is 0.111. The van der Waals surface area contributed by atoms with Crippen LogP contribution in [0.3, 0.4) is 0 Å². The molecule has 1 saturated heterocycles. The van der Waals surface area contributed by atoms with Crippen molar-refractivity contribution in [1.82, 2.24) is 4.90 Å². The van der Waals surface area contributed by atoms with Gasteiger partial charge in [-0.25, -0.2) is 9.79 Å². The molecule has 2 aromatic carbocycles. The van der Waals surface area contributed by atoms with Crippen LogP contribution in [0.15, 0.2) is 58.4 Å². The number of carboxylic acid groups (broad SMARTS) is 1. The van der Waals surface area contributed by atoms with Crippen molar-refractivity contribution in [3.63, 3.8) is 0 Å². The standard InChI is InChI=1S/C21H20N2O4S/c1-3-23-19(24)18(13-15-7-5-6-8-17(15)27-4-2)28-21(23)22-16-11-9-14(10-12-16)20(25)26/h5-13H,3-4H2,1-2H3,(H,25,26). The predicted octanol–water partition coefficient (Wildman–Crippen LogP) is 4.41. The molecule has 0 atom stereocenters. The number of amidine groups is 1. The number of hydrogen-bond donors (Lipinski definition) is 1. The highest BCUT2D eigenvalue weighted by Crippen LogP contribution is 2.35. The third-order valence-corrected chi connectivity index (χ3v) is 5.06. The van der Waals surface area contributed by atoms with Gasteiger partial charge in [0.2, 0.25) is 0 Å². The lowest BCUT2D eigenvalue weighted by Gasteiger charge is -2.12. The molecule has 1 amide bonds. The summed E-state index contributed by atoms with van der Waals surface area (Å²) >= 11 is 1.29. The topological polar surface area (TPSA) is 79.2 Å². The number of hydrogen-bond acceptors (Lipinski definition) is 5. The van der Waals surface area contributed by atoms with Gasteiger partial charge >= 0.3 is 5.97 Å². The third kappa shape index (κ3) is 4.26. The Morgan fingerprint density at radius 3 is 2.54 bits per heavy atom. The van der Waals surface area contributed by atoms with E-state index in [1.54, 1.807) is 17.0 Å². The molecule has 0 spiro atoms. The molecule has 1 N–H and O–H groups in total. The first kappa shape index (κ1) is 19.7. The van der Waals surface area contributed by atoms with Gasteiger partial charge < -0.3 is 9.84 Å². The second kappa shape index (κ2) is 8.75. The van der Waals surface area contributed by atoms with Crippen molar-refractivity contribution in [3.8, 4) is 5.75 Å². The molecule has 144 valence electrons. The predicted molar refractivity (Wildman–Crippen MR) is 111 cm³/mol. The summed E-state index contributed by atoms with van der Waals surface area (Å²) in [5, 5.41) is 9.57. The van der Waals surface area contributed by atoms with E-state index in [0.29, 0.717) is 28.9 Å². The number of aliphatic imine (C=N–C) groups is 1. The molecular formula is C21H20N2O4S. The summed E-state index contributed by atoms with van der Waals surface area (Å²) in [7, 11) is 0. The summed E-state index contributed by atoms with van der Waals surface area (Å²) in [6, 6.07) is 13.8. The Morgan fingerprint density at radius 1 is 1.18 bits per heavy atom. The first-order chi connectivity index (χ1) is 13.5. The van der Waals surface area contributed by atoms with E-state index < -0.39 is 5.97 Å². The van der Waals surface area contributed by atoms with Gasteiger partial charge in [-0.2, -0.15) is 0 Å². The van der Waals surface area contributed by atoms with Crippen LogP contribution in [0.25, 0.3) is 6.08 Å². The number of ether oxygens (including phenoxy) is 1. The smallest absolute Gasteiger partial charge is 0.335 e. The zero-order valence-corrected chi connectivity index (χ0v) is 16.4. The summed E-state index contributed by atoms with van der Waals surface area (Å²) < 4.78 is 5.63. The van der Waals surface area contributed by atoms with Crippen LogP contribution in [-0.4, -0.2) is 40.2 Å². The largest absolute Gasteiger partial charge is 0.493 e. The van der Waals surface area contributed by atoms with E-state index in [9.17, 15) is 9.59 Å². The van der Waals surface area contributed by atoms with Crippen molar-refractivity contribution in [2.24, 2.45) is 4.99 Å². The zero-order valence-electron chi connectivity index (χ0n) is 15.6. The number of carboxylic acids is 1. The summed E-state index contributed by atoms with van der Waals surface area (Å²) in [5.74, 6) is -0.374. The molecule has 1 aliphatic rings. The minimum atomic E-state index is -0.988. The number of likely N-dealkylation sites (N-methyl/N-ethyl adjacent to an activating group) is 1. The highest BCUT2D eigenvalue weighted by Gasteiger charge is 2.32. The lowest BCUT2D eigenvalue weighted by molar-refractivity contribution is -0.122. The van der Waals surface area contributed by atoms with E-state index in [4.69, 9.17) is 9.84 Å². The summed E-state index contributed by atoms with van der Waals surface area (Å²) in [6.07, 6.45) is 1.82. The second-order valence-electron chi connectivity index (χ2n) is 5.88. The quantitative estimate of drug-likeness (QED) is 0.732. The number of thioether (sulfide) groups is 1. The highest BCUT2D eigenvalue weighted by molar-refractivity contribution is 8.18. The Morgan fingerprint density at radius 2 is 1.89 bits per heavy atom. The molecule has 7 heteroatoms. The van der Waals surface area contributed by atoms with E-state index in [-0.39, 0.29) is 11.5 Å². The van der Waals surface area contributed by atoms with E-state index in [1.165, 1.54) is 23.9 Å². The van der Waals surface area contributed by atoms with Crippen LogP contribution in [0, 0.1) is 0 Å². The zero-order chi connectivity index (χ0) is 20.1.